The van der Waals surface area contributed by atoms with E-state index in [4.69, 9.17) is 14.6 Å². The molecule has 0 saturated heterocycles. The summed E-state index contributed by atoms with van der Waals surface area (Å²) >= 11 is 0. The number of aromatic nitrogens is 2. The fourth-order valence-electron chi connectivity index (χ4n) is 3.26. The lowest BCUT2D eigenvalue weighted by molar-refractivity contribution is -0.117. The molecular formula is C25H39N5O4. The van der Waals surface area contributed by atoms with Crippen molar-refractivity contribution in [1.82, 2.24) is 14.7 Å². The van der Waals surface area contributed by atoms with Crippen molar-refractivity contribution in [2.75, 3.05) is 31.4 Å². The van der Waals surface area contributed by atoms with Crippen molar-refractivity contribution in [3.8, 4) is 11.5 Å². The Morgan fingerprint density at radius 1 is 1.03 bits per heavy atom. The van der Waals surface area contributed by atoms with Crippen LogP contribution in [0.15, 0.2) is 24.3 Å². The van der Waals surface area contributed by atoms with E-state index in [1.54, 1.807) is 25.3 Å². The van der Waals surface area contributed by atoms with Gasteiger partial charge in [-0.05, 0) is 46.8 Å². The van der Waals surface area contributed by atoms with E-state index in [0.717, 1.165) is 5.69 Å². The number of urea groups is 1. The summed E-state index contributed by atoms with van der Waals surface area (Å²) in [7, 11) is 3.07. The van der Waals surface area contributed by atoms with Crippen molar-refractivity contribution >= 4 is 23.4 Å². The Kier molecular flexibility index (Phi) is 8.23. The summed E-state index contributed by atoms with van der Waals surface area (Å²) in [5, 5.41) is 10.5. The van der Waals surface area contributed by atoms with Gasteiger partial charge in [0.2, 0.25) is 5.91 Å². The summed E-state index contributed by atoms with van der Waals surface area (Å²) in [5.41, 5.74) is 0.867. The topological polar surface area (TPSA) is 97.7 Å². The van der Waals surface area contributed by atoms with Crippen LogP contribution in [0.4, 0.5) is 16.3 Å². The van der Waals surface area contributed by atoms with Crippen molar-refractivity contribution in [3.63, 3.8) is 0 Å². The number of anilines is 2. The molecule has 2 aromatic rings. The van der Waals surface area contributed by atoms with Crippen LogP contribution in [-0.2, 0) is 15.7 Å². The number of benzene rings is 1. The molecule has 0 saturated carbocycles. The van der Waals surface area contributed by atoms with E-state index in [9.17, 15) is 9.59 Å². The fourth-order valence-corrected chi connectivity index (χ4v) is 3.26. The molecule has 9 heteroatoms. The van der Waals surface area contributed by atoms with E-state index in [-0.39, 0.29) is 29.4 Å². The van der Waals surface area contributed by atoms with Gasteiger partial charge in [0.15, 0.2) is 0 Å². The molecule has 0 fully saturated rings. The van der Waals surface area contributed by atoms with Gasteiger partial charge in [-0.1, -0.05) is 20.8 Å². The number of nitrogens with zero attached hydrogens (tertiary/aromatic N) is 3. The quantitative estimate of drug-likeness (QED) is 0.600. The Morgan fingerprint density at radius 2 is 1.68 bits per heavy atom. The summed E-state index contributed by atoms with van der Waals surface area (Å²) in [5.74, 6) is 1.37. The first kappa shape index (κ1) is 27.0. The third-order valence-electron chi connectivity index (χ3n) is 5.23. The molecule has 1 aromatic carbocycles. The Bertz CT molecular complexity index is 1020. The van der Waals surface area contributed by atoms with Crippen molar-refractivity contribution in [3.05, 3.63) is 30.0 Å². The highest BCUT2D eigenvalue weighted by Gasteiger charge is 2.27. The highest BCUT2D eigenvalue weighted by Crippen LogP contribution is 2.30. The Hall–Kier alpha value is -3.23. The minimum atomic E-state index is -0.409. The van der Waals surface area contributed by atoms with Crippen molar-refractivity contribution in [2.45, 2.75) is 72.4 Å². The van der Waals surface area contributed by atoms with Gasteiger partial charge < -0.3 is 25.0 Å². The number of hydrogen-bond acceptors (Lipinski definition) is 5. The molecule has 9 nitrogen and oxygen atoms in total. The third-order valence-corrected chi connectivity index (χ3v) is 5.23. The zero-order chi connectivity index (χ0) is 25.8. The maximum Gasteiger partial charge on any atom is 0.322 e. The molecule has 0 radical (unpaired) electrons. The number of carbonyl (C=O) groups excluding carboxylic acids is 2. The van der Waals surface area contributed by atoms with Crippen LogP contribution in [0.25, 0.3) is 0 Å². The second kappa shape index (κ2) is 10.4. The van der Waals surface area contributed by atoms with E-state index >= 15 is 0 Å². The second-order valence-electron chi connectivity index (χ2n) is 10.5. The molecule has 0 aliphatic rings. The second-order valence-corrected chi connectivity index (χ2v) is 10.5. The van der Waals surface area contributed by atoms with Crippen LogP contribution >= 0.6 is 0 Å². The predicted molar refractivity (Wildman–Crippen MR) is 135 cm³/mol. The Morgan fingerprint density at radius 3 is 2.18 bits per heavy atom. The molecule has 3 amide bonds. The van der Waals surface area contributed by atoms with Crippen LogP contribution in [0.5, 0.6) is 11.5 Å². The average Bonchev–Trinajstić information content (AvgIpc) is 3.16. The smallest absolute Gasteiger partial charge is 0.322 e. The predicted octanol–water partition coefficient (Wildman–Crippen LogP) is 4.83. The number of carbonyl (C=O) groups is 2. The van der Waals surface area contributed by atoms with Gasteiger partial charge in [-0.3, -0.25) is 4.79 Å². The summed E-state index contributed by atoms with van der Waals surface area (Å²) < 4.78 is 12.4. The molecule has 2 rings (SSSR count). The minimum absolute atomic E-state index is 0.123. The lowest BCUT2D eigenvalue weighted by atomic mass is 9.92. The van der Waals surface area contributed by atoms with Crippen molar-refractivity contribution < 1.29 is 19.1 Å². The number of hydrogen-bond donors (Lipinski definition) is 2. The molecule has 188 valence electrons. The largest absolute Gasteiger partial charge is 0.497 e. The van der Waals surface area contributed by atoms with E-state index in [1.807, 2.05) is 45.4 Å². The van der Waals surface area contributed by atoms with Gasteiger partial charge in [-0.25, -0.2) is 9.48 Å². The van der Waals surface area contributed by atoms with Gasteiger partial charge in [0.25, 0.3) is 0 Å². The van der Waals surface area contributed by atoms with Gasteiger partial charge in [0, 0.05) is 23.6 Å². The lowest BCUT2D eigenvalue weighted by Gasteiger charge is -2.27. The van der Waals surface area contributed by atoms with Crippen LogP contribution in [0.2, 0.25) is 0 Å². The van der Waals surface area contributed by atoms with Gasteiger partial charge >= 0.3 is 6.03 Å². The highest BCUT2D eigenvalue weighted by atomic mass is 16.5. The first-order chi connectivity index (χ1) is 15.7. The molecule has 0 bridgehead atoms. The minimum Gasteiger partial charge on any atom is -0.497 e. The molecule has 1 heterocycles. The molecule has 1 aromatic heterocycles. The Balaban J connectivity index is 2.22. The first-order valence-electron chi connectivity index (χ1n) is 11.4. The van der Waals surface area contributed by atoms with Gasteiger partial charge in [0.1, 0.15) is 23.9 Å². The fraction of sp³-hybridized carbons (Fsp3) is 0.560. The number of rotatable bonds is 7. The van der Waals surface area contributed by atoms with Crippen LogP contribution in [0.3, 0.4) is 0 Å². The number of amides is 3. The average molecular weight is 474 g/mol. The van der Waals surface area contributed by atoms with E-state index < -0.39 is 6.03 Å². The summed E-state index contributed by atoms with van der Waals surface area (Å²) in [6, 6.07) is 6.38. The maximum absolute atomic E-state index is 13.1. The zero-order valence-corrected chi connectivity index (χ0v) is 22.1. The number of methoxy groups -OCH3 is 2. The molecule has 0 spiro atoms. The van der Waals surface area contributed by atoms with Crippen molar-refractivity contribution in [1.29, 1.82) is 0 Å². The van der Waals surface area contributed by atoms with Crippen LogP contribution < -0.4 is 20.1 Å². The van der Waals surface area contributed by atoms with E-state index in [2.05, 4.69) is 31.4 Å². The van der Waals surface area contributed by atoms with Gasteiger partial charge in [0.05, 0.1) is 31.1 Å². The SMILES string of the molecule is COc1ccc(NC(=O)N(CC(=O)Nc2cc(C(C)(C)C)nn2C(C)(C)C)C(C)C)c(OC)c1. The lowest BCUT2D eigenvalue weighted by Crippen LogP contribution is -2.45. The summed E-state index contributed by atoms with van der Waals surface area (Å²) in [4.78, 5) is 27.5. The maximum atomic E-state index is 13.1. The van der Waals surface area contributed by atoms with Crippen LogP contribution in [-0.4, -0.2) is 53.4 Å². The molecular weight excluding hydrogens is 434 g/mol. The molecule has 2 N–H and O–H groups in total. The van der Waals surface area contributed by atoms with E-state index in [1.165, 1.54) is 12.0 Å². The molecule has 34 heavy (non-hydrogen) atoms. The highest BCUT2D eigenvalue weighted by molar-refractivity contribution is 5.97. The molecule has 0 unspecified atom stereocenters. The van der Waals surface area contributed by atoms with Crippen LogP contribution in [0, 0.1) is 0 Å². The summed E-state index contributed by atoms with van der Waals surface area (Å²) in [6.45, 7) is 15.9. The number of nitrogens with one attached hydrogen (secondary N) is 2. The molecule has 0 aliphatic carbocycles. The van der Waals surface area contributed by atoms with Crippen molar-refractivity contribution in [2.24, 2.45) is 0 Å². The molecule has 0 atom stereocenters. The normalized spacial score (nSPS) is 11.9. The standard InChI is InChI=1S/C25H39N5O4/c1-16(2)29(23(32)26-18-12-11-17(33-9)13-19(18)34-10)15-22(31)27-21-14-20(24(3,4)5)28-30(21)25(6,7)8/h11-14,16H,15H2,1-10H3,(H,26,32)(H,27,31). The first-order valence-corrected chi connectivity index (χ1v) is 11.4. The Labute approximate surface area is 202 Å². The van der Waals surface area contributed by atoms with Crippen LogP contribution in [0.1, 0.15) is 61.1 Å². The van der Waals surface area contributed by atoms with E-state index in [0.29, 0.717) is 23.0 Å². The number of ether oxygens (including phenoxy) is 2. The van der Waals surface area contributed by atoms with Gasteiger partial charge in [-0.2, -0.15) is 5.10 Å². The summed E-state index contributed by atoms with van der Waals surface area (Å²) in [6.07, 6.45) is 0. The molecule has 0 aliphatic heterocycles. The monoisotopic (exact) mass is 473 g/mol. The zero-order valence-electron chi connectivity index (χ0n) is 22.1. The van der Waals surface area contributed by atoms with Gasteiger partial charge in [-0.15, -0.1) is 0 Å². The third kappa shape index (κ3) is 6.65.